The monoisotopic (exact) mass is 404 g/mol. The Hall–Kier alpha value is -2.59. The predicted molar refractivity (Wildman–Crippen MR) is 110 cm³/mol. The van der Waals surface area contributed by atoms with Crippen molar-refractivity contribution in [3.05, 3.63) is 24.3 Å². The van der Waals surface area contributed by atoms with Crippen LogP contribution in [0.25, 0.3) is 10.2 Å². The van der Waals surface area contributed by atoms with E-state index in [9.17, 15) is 4.79 Å². The normalized spacial score (nSPS) is 12.1. The minimum atomic E-state index is -0.391. The lowest BCUT2D eigenvalue weighted by atomic mass is 10.3. The second-order valence-corrected chi connectivity index (χ2v) is 7.79. The summed E-state index contributed by atoms with van der Waals surface area (Å²) >= 11 is 2.62. The van der Waals surface area contributed by atoms with Crippen molar-refractivity contribution in [3.63, 3.8) is 0 Å². The van der Waals surface area contributed by atoms with Crippen LogP contribution in [0.3, 0.4) is 0 Å². The minimum Gasteiger partial charge on any atom is -0.494 e. The summed E-state index contributed by atoms with van der Waals surface area (Å²) in [6, 6.07) is 7.13. The predicted octanol–water partition coefficient (Wildman–Crippen LogP) is 3.16. The first-order valence-electron chi connectivity index (χ1n) is 8.39. The maximum Gasteiger partial charge on any atom is 0.239 e. The number of amides is 1. The summed E-state index contributed by atoms with van der Waals surface area (Å²) in [5.41, 5.74) is 12.2. The molecule has 5 N–H and O–H groups in total. The van der Waals surface area contributed by atoms with Gasteiger partial charge in [-0.25, -0.2) is 15.0 Å². The number of hydrogen-bond acceptors (Lipinski definition) is 9. The number of nitrogens with two attached hydrogens (primary N) is 2. The zero-order valence-corrected chi connectivity index (χ0v) is 16.6. The molecule has 0 spiro atoms. The molecule has 0 saturated heterocycles. The van der Waals surface area contributed by atoms with E-state index in [1.54, 1.807) is 0 Å². The number of carbonyl (C=O) groups excluding carboxylic acids is 1. The van der Waals surface area contributed by atoms with E-state index in [2.05, 4.69) is 20.3 Å². The molecule has 8 nitrogen and oxygen atoms in total. The number of fused-ring (bicyclic) bond motifs is 1. The number of anilines is 3. The third-order valence-corrected chi connectivity index (χ3v) is 5.72. The summed E-state index contributed by atoms with van der Waals surface area (Å²) in [6.45, 7) is 4.45. The first-order chi connectivity index (χ1) is 13.0. The van der Waals surface area contributed by atoms with Gasteiger partial charge in [-0.1, -0.05) is 30.0 Å². The molecule has 0 saturated carbocycles. The van der Waals surface area contributed by atoms with Gasteiger partial charge in [0.2, 0.25) is 5.91 Å². The van der Waals surface area contributed by atoms with E-state index in [1.807, 2.05) is 32.0 Å². The van der Waals surface area contributed by atoms with Gasteiger partial charge >= 0.3 is 0 Å². The number of ether oxygens (including phenoxy) is 1. The highest BCUT2D eigenvalue weighted by atomic mass is 32.2. The number of rotatable bonds is 7. The lowest BCUT2D eigenvalue weighted by Gasteiger charge is -2.12. The summed E-state index contributed by atoms with van der Waals surface area (Å²) in [5, 5.41) is 3.39. The third-order valence-electron chi connectivity index (χ3n) is 3.56. The number of benzene rings is 1. The summed E-state index contributed by atoms with van der Waals surface area (Å²) in [4.78, 5) is 25.3. The number of hydrogen-bond donors (Lipinski definition) is 3. The number of aromatic nitrogens is 3. The lowest BCUT2D eigenvalue weighted by molar-refractivity contribution is -0.115. The number of nitrogens with one attached hydrogen (secondary N) is 1. The molecule has 2 heterocycles. The standard InChI is InChI=1S/C17H20N6O2S2/c1-3-11(26-17-21-13(18)8-14(19)22-17)15(24)23-16-20-10-6-5-9(25-4-2)7-12(10)27-16/h5-8,11H,3-4H2,1-2H3,(H,20,23,24)(H4,18,19,21,22). The summed E-state index contributed by atoms with van der Waals surface area (Å²) in [6.07, 6.45) is 0.591. The molecule has 3 aromatic rings. The Bertz CT molecular complexity index is 941. The van der Waals surface area contributed by atoms with Gasteiger partial charge in [0.05, 0.1) is 22.1 Å². The largest absolute Gasteiger partial charge is 0.494 e. The van der Waals surface area contributed by atoms with Crippen LogP contribution in [-0.4, -0.2) is 32.7 Å². The molecule has 0 aliphatic heterocycles. The molecule has 142 valence electrons. The van der Waals surface area contributed by atoms with Gasteiger partial charge in [-0.2, -0.15) is 0 Å². The molecule has 0 bridgehead atoms. The second-order valence-electron chi connectivity index (χ2n) is 5.59. The fourth-order valence-electron chi connectivity index (χ4n) is 2.36. The number of thioether (sulfide) groups is 1. The minimum absolute atomic E-state index is 0.170. The molecular formula is C17H20N6O2S2. The Morgan fingerprint density at radius 3 is 2.63 bits per heavy atom. The average Bonchev–Trinajstić information content (AvgIpc) is 3.00. The number of nitrogen functional groups attached to an aromatic ring is 2. The van der Waals surface area contributed by atoms with Crippen LogP contribution in [0.5, 0.6) is 5.75 Å². The average molecular weight is 405 g/mol. The maximum atomic E-state index is 12.7. The van der Waals surface area contributed by atoms with Crippen molar-refractivity contribution < 1.29 is 9.53 Å². The Balaban J connectivity index is 1.73. The smallest absolute Gasteiger partial charge is 0.239 e. The molecule has 1 unspecified atom stereocenters. The Kier molecular flexibility index (Phi) is 5.97. The van der Waals surface area contributed by atoms with Crippen LogP contribution >= 0.6 is 23.1 Å². The van der Waals surface area contributed by atoms with E-state index in [0.717, 1.165) is 16.0 Å². The van der Waals surface area contributed by atoms with Crippen molar-refractivity contribution in [1.29, 1.82) is 0 Å². The summed E-state index contributed by atoms with van der Waals surface area (Å²) < 4.78 is 6.45. The van der Waals surface area contributed by atoms with Gasteiger partial charge in [0.1, 0.15) is 17.4 Å². The number of carbonyl (C=O) groups is 1. The molecule has 0 aliphatic rings. The first-order valence-corrected chi connectivity index (χ1v) is 10.1. The maximum absolute atomic E-state index is 12.7. The van der Waals surface area contributed by atoms with Crippen LogP contribution < -0.4 is 21.5 Å². The molecule has 2 aromatic heterocycles. The van der Waals surface area contributed by atoms with Crippen LogP contribution in [0.2, 0.25) is 0 Å². The van der Waals surface area contributed by atoms with Crippen molar-refractivity contribution in [2.75, 3.05) is 23.4 Å². The molecule has 0 radical (unpaired) electrons. The zero-order valence-electron chi connectivity index (χ0n) is 14.9. The van der Waals surface area contributed by atoms with Gasteiger partial charge in [0.15, 0.2) is 10.3 Å². The third kappa shape index (κ3) is 4.77. The van der Waals surface area contributed by atoms with Crippen LogP contribution in [0.15, 0.2) is 29.4 Å². The van der Waals surface area contributed by atoms with E-state index < -0.39 is 5.25 Å². The van der Waals surface area contributed by atoms with Gasteiger partial charge in [-0.15, -0.1) is 0 Å². The van der Waals surface area contributed by atoms with Crippen molar-refractivity contribution in [1.82, 2.24) is 15.0 Å². The van der Waals surface area contributed by atoms with Crippen molar-refractivity contribution in [2.45, 2.75) is 30.7 Å². The molecule has 1 aromatic carbocycles. The zero-order chi connectivity index (χ0) is 19.4. The van der Waals surface area contributed by atoms with Gasteiger partial charge in [-0.3, -0.25) is 4.79 Å². The molecule has 3 rings (SSSR count). The highest BCUT2D eigenvalue weighted by Crippen LogP contribution is 2.31. The van der Waals surface area contributed by atoms with E-state index in [4.69, 9.17) is 16.2 Å². The second kappa shape index (κ2) is 8.40. The molecule has 1 amide bonds. The Morgan fingerprint density at radius 1 is 1.22 bits per heavy atom. The quantitative estimate of drug-likeness (QED) is 0.404. The van der Waals surface area contributed by atoms with Crippen LogP contribution in [0, 0.1) is 0 Å². The van der Waals surface area contributed by atoms with E-state index >= 15 is 0 Å². The Labute approximate surface area is 164 Å². The first kappa shape index (κ1) is 19.2. The molecule has 10 heteroatoms. The molecular weight excluding hydrogens is 384 g/mol. The lowest BCUT2D eigenvalue weighted by Crippen LogP contribution is -2.24. The van der Waals surface area contributed by atoms with E-state index in [0.29, 0.717) is 23.3 Å². The number of nitrogens with zero attached hydrogens (tertiary/aromatic N) is 3. The van der Waals surface area contributed by atoms with Crippen LogP contribution in [0.1, 0.15) is 20.3 Å². The Morgan fingerprint density at radius 2 is 1.96 bits per heavy atom. The number of thiazole rings is 1. The van der Waals surface area contributed by atoms with Crippen molar-refractivity contribution in [3.8, 4) is 5.75 Å². The fraction of sp³-hybridized carbons (Fsp3) is 0.294. The van der Waals surface area contributed by atoms with E-state index in [-0.39, 0.29) is 17.5 Å². The van der Waals surface area contributed by atoms with Gasteiger partial charge in [-0.05, 0) is 31.5 Å². The van der Waals surface area contributed by atoms with Gasteiger partial charge < -0.3 is 21.5 Å². The highest BCUT2D eigenvalue weighted by molar-refractivity contribution is 8.00. The van der Waals surface area contributed by atoms with Gasteiger partial charge in [0.25, 0.3) is 0 Å². The topological polar surface area (TPSA) is 129 Å². The SMILES string of the molecule is CCOc1ccc2nc(NC(=O)C(CC)Sc3nc(N)cc(N)n3)sc2c1. The summed E-state index contributed by atoms with van der Waals surface area (Å²) in [5.74, 6) is 1.16. The molecule has 0 fully saturated rings. The molecule has 27 heavy (non-hydrogen) atoms. The van der Waals surface area contributed by atoms with Crippen LogP contribution in [0.4, 0.5) is 16.8 Å². The molecule has 0 aliphatic carbocycles. The van der Waals surface area contributed by atoms with Crippen LogP contribution in [-0.2, 0) is 4.79 Å². The highest BCUT2D eigenvalue weighted by Gasteiger charge is 2.21. The van der Waals surface area contributed by atoms with Gasteiger partial charge in [0, 0.05) is 6.07 Å². The van der Waals surface area contributed by atoms with Crippen molar-refractivity contribution in [2.24, 2.45) is 0 Å². The van der Waals surface area contributed by atoms with E-state index in [1.165, 1.54) is 29.2 Å². The molecule has 1 atom stereocenters. The van der Waals surface area contributed by atoms with Crippen molar-refractivity contribution >= 4 is 56.0 Å². The fourth-order valence-corrected chi connectivity index (χ4v) is 4.17. The summed E-state index contributed by atoms with van der Waals surface area (Å²) in [7, 11) is 0.